The molecule has 3 heteroatoms. The molecule has 0 aliphatic carbocycles. The van der Waals surface area contributed by atoms with Gasteiger partial charge in [0.2, 0.25) is 0 Å². The van der Waals surface area contributed by atoms with Gasteiger partial charge in [0.05, 0.1) is 7.11 Å². The molecule has 0 saturated carbocycles. The topological polar surface area (TPSA) is 38.5 Å². The fourth-order valence-electron chi connectivity index (χ4n) is 2.93. The second-order valence-electron chi connectivity index (χ2n) is 5.01. The number of nitrogens with two attached hydrogens (primary N) is 1. The van der Waals surface area contributed by atoms with E-state index in [1.807, 2.05) is 0 Å². The average Bonchev–Trinajstić information content (AvgIpc) is 2.29. The molecule has 94 valence electrons. The molecule has 0 spiro atoms. The van der Waals surface area contributed by atoms with Crippen LogP contribution in [-0.2, 0) is 6.42 Å². The Kier molecular flexibility index (Phi) is 3.40. The van der Waals surface area contributed by atoms with Gasteiger partial charge in [0.15, 0.2) is 0 Å². The lowest BCUT2D eigenvalue weighted by molar-refractivity contribution is 0.203. The molecule has 3 nitrogen and oxygen atoms in total. The van der Waals surface area contributed by atoms with Crippen LogP contribution in [0.2, 0.25) is 0 Å². The van der Waals surface area contributed by atoms with Crippen molar-refractivity contribution in [3.63, 3.8) is 0 Å². The lowest BCUT2D eigenvalue weighted by Crippen LogP contribution is -2.42. The Morgan fingerprint density at radius 1 is 1.47 bits per heavy atom. The molecule has 0 radical (unpaired) electrons. The summed E-state index contributed by atoms with van der Waals surface area (Å²) in [6.45, 7) is 5.28. The normalized spacial score (nSPS) is 22.1. The van der Waals surface area contributed by atoms with E-state index < -0.39 is 0 Å². The van der Waals surface area contributed by atoms with Crippen LogP contribution in [-0.4, -0.2) is 31.6 Å². The van der Waals surface area contributed by atoms with Crippen molar-refractivity contribution in [1.29, 1.82) is 0 Å². The van der Waals surface area contributed by atoms with Gasteiger partial charge in [-0.05, 0) is 44.5 Å². The SMILES string of the molecule is COc1ccc(C)c2c1CCN(C)C2C(C)N. The number of nitrogens with zero attached hydrogens (tertiary/aromatic N) is 1. The van der Waals surface area contributed by atoms with E-state index in [9.17, 15) is 0 Å². The number of methoxy groups -OCH3 is 1. The largest absolute Gasteiger partial charge is 0.496 e. The summed E-state index contributed by atoms with van der Waals surface area (Å²) < 4.78 is 5.47. The van der Waals surface area contributed by atoms with Crippen LogP contribution in [0.25, 0.3) is 0 Å². The van der Waals surface area contributed by atoms with Crippen molar-refractivity contribution in [3.8, 4) is 5.75 Å². The van der Waals surface area contributed by atoms with Crippen molar-refractivity contribution in [2.24, 2.45) is 5.73 Å². The van der Waals surface area contributed by atoms with Gasteiger partial charge in [-0.3, -0.25) is 4.90 Å². The first-order valence-electron chi connectivity index (χ1n) is 6.18. The summed E-state index contributed by atoms with van der Waals surface area (Å²) in [6, 6.07) is 4.63. The molecule has 1 aliphatic heterocycles. The molecule has 1 heterocycles. The Morgan fingerprint density at radius 3 is 2.76 bits per heavy atom. The van der Waals surface area contributed by atoms with Crippen LogP contribution in [0.4, 0.5) is 0 Å². The van der Waals surface area contributed by atoms with Crippen molar-refractivity contribution >= 4 is 0 Å². The summed E-state index contributed by atoms with van der Waals surface area (Å²) in [5.41, 5.74) is 10.2. The molecular formula is C14H22N2O. The first-order chi connectivity index (χ1) is 8.06. The van der Waals surface area contributed by atoms with Gasteiger partial charge in [0, 0.05) is 24.2 Å². The van der Waals surface area contributed by atoms with Crippen LogP contribution >= 0.6 is 0 Å². The maximum absolute atomic E-state index is 6.15. The maximum atomic E-state index is 6.15. The van der Waals surface area contributed by atoms with Gasteiger partial charge >= 0.3 is 0 Å². The molecule has 2 unspecified atom stereocenters. The predicted octanol–water partition coefficient (Wildman–Crippen LogP) is 1.88. The number of ether oxygens (including phenoxy) is 1. The summed E-state index contributed by atoms with van der Waals surface area (Å²) >= 11 is 0. The van der Waals surface area contributed by atoms with Crippen LogP contribution < -0.4 is 10.5 Å². The molecule has 17 heavy (non-hydrogen) atoms. The molecule has 0 fully saturated rings. The van der Waals surface area contributed by atoms with E-state index in [0.717, 1.165) is 18.7 Å². The van der Waals surface area contributed by atoms with Gasteiger partial charge in [0.1, 0.15) is 5.75 Å². The Bertz CT molecular complexity index is 415. The van der Waals surface area contributed by atoms with Crippen LogP contribution in [0.5, 0.6) is 5.75 Å². The van der Waals surface area contributed by atoms with Gasteiger partial charge in [0.25, 0.3) is 0 Å². The fraction of sp³-hybridized carbons (Fsp3) is 0.571. The highest BCUT2D eigenvalue weighted by molar-refractivity contribution is 5.48. The highest BCUT2D eigenvalue weighted by Crippen LogP contribution is 2.37. The predicted molar refractivity (Wildman–Crippen MR) is 70.5 cm³/mol. The van der Waals surface area contributed by atoms with Crippen LogP contribution in [0.1, 0.15) is 29.7 Å². The lowest BCUT2D eigenvalue weighted by atomic mass is 9.85. The molecule has 0 amide bonds. The molecule has 0 aromatic heterocycles. The first-order valence-corrected chi connectivity index (χ1v) is 6.18. The zero-order chi connectivity index (χ0) is 12.6. The number of hydrogen-bond acceptors (Lipinski definition) is 3. The molecule has 1 aromatic carbocycles. The standard InChI is InChI=1S/C14H22N2O/c1-9-5-6-12(17-4)11-7-8-16(3)14(10(2)15)13(9)11/h5-6,10,14H,7-8,15H2,1-4H3. The zero-order valence-corrected chi connectivity index (χ0v) is 11.2. The van der Waals surface area contributed by atoms with Crippen molar-refractivity contribution in [2.75, 3.05) is 20.7 Å². The molecule has 1 aromatic rings. The average molecular weight is 234 g/mol. The minimum absolute atomic E-state index is 0.129. The molecule has 0 bridgehead atoms. The van der Waals surface area contributed by atoms with Gasteiger partial charge in [-0.2, -0.15) is 0 Å². The highest BCUT2D eigenvalue weighted by Gasteiger charge is 2.30. The number of hydrogen-bond donors (Lipinski definition) is 1. The minimum atomic E-state index is 0.129. The summed E-state index contributed by atoms with van der Waals surface area (Å²) in [6.07, 6.45) is 1.04. The quantitative estimate of drug-likeness (QED) is 0.849. The zero-order valence-electron chi connectivity index (χ0n) is 11.2. The molecule has 0 saturated heterocycles. The van der Waals surface area contributed by atoms with Crippen molar-refractivity contribution in [2.45, 2.75) is 32.4 Å². The first kappa shape index (κ1) is 12.4. The van der Waals surface area contributed by atoms with E-state index in [2.05, 4.69) is 37.9 Å². The second kappa shape index (κ2) is 4.67. The van der Waals surface area contributed by atoms with E-state index in [1.165, 1.54) is 16.7 Å². The van der Waals surface area contributed by atoms with Gasteiger partial charge in [-0.25, -0.2) is 0 Å². The van der Waals surface area contributed by atoms with Gasteiger partial charge < -0.3 is 10.5 Å². The number of rotatable bonds is 2. The molecule has 2 rings (SSSR count). The number of aryl methyl sites for hydroxylation is 1. The fourth-order valence-corrected chi connectivity index (χ4v) is 2.93. The van der Waals surface area contributed by atoms with Crippen molar-refractivity contribution in [1.82, 2.24) is 4.90 Å². The van der Waals surface area contributed by atoms with Crippen LogP contribution in [0, 0.1) is 6.92 Å². The maximum Gasteiger partial charge on any atom is 0.122 e. The minimum Gasteiger partial charge on any atom is -0.496 e. The Balaban J connectivity index is 2.58. The van der Waals surface area contributed by atoms with E-state index >= 15 is 0 Å². The second-order valence-corrected chi connectivity index (χ2v) is 5.01. The Morgan fingerprint density at radius 2 is 2.18 bits per heavy atom. The van der Waals surface area contributed by atoms with Crippen molar-refractivity contribution in [3.05, 3.63) is 28.8 Å². The summed E-state index contributed by atoms with van der Waals surface area (Å²) in [7, 11) is 3.89. The third-order valence-electron chi connectivity index (χ3n) is 3.74. The summed E-state index contributed by atoms with van der Waals surface area (Å²) in [4.78, 5) is 2.35. The Labute approximate surface area is 104 Å². The van der Waals surface area contributed by atoms with E-state index in [4.69, 9.17) is 10.5 Å². The van der Waals surface area contributed by atoms with E-state index in [-0.39, 0.29) is 6.04 Å². The van der Waals surface area contributed by atoms with E-state index in [0.29, 0.717) is 6.04 Å². The molecule has 2 N–H and O–H groups in total. The summed E-state index contributed by atoms with van der Waals surface area (Å²) in [5.74, 6) is 1.00. The van der Waals surface area contributed by atoms with Gasteiger partial charge in [-0.1, -0.05) is 6.07 Å². The lowest BCUT2D eigenvalue weighted by Gasteiger charge is -2.38. The van der Waals surface area contributed by atoms with Crippen molar-refractivity contribution < 1.29 is 4.74 Å². The van der Waals surface area contributed by atoms with Crippen LogP contribution in [0.15, 0.2) is 12.1 Å². The van der Waals surface area contributed by atoms with Gasteiger partial charge in [-0.15, -0.1) is 0 Å². The monoisotopic (exact) mass is 234 g/mol. The third-order valence-corrected chi connectivity index (χ3v) is 3.74. The Hall–Kier alpha value is -1.06. The molecule has 2 atom stereocenters. The summed E-state index contributed by atoms with van der Waals surface area (Å²) in [5, 5.41) is 0. The smallest absolute Gasteiger partial charge is 0.122 e. The number of benzene rings is 1. The third kappa shape index (κ3) is 2.05. The molecular weight excluding hydrogens is 212 g/mol. The van der Waals surface area contributed by atoms with E-state index in [1.54, 1.807) is 7.11 Å². The molecule has 1 aliphatic rings. The number of fused-ring (bicyclic) bond motifs is 1. The number of likely N-dealkylation sites (N-methyl/N-ethyl adjacent to an activating group) is 1. The van der Waals surface area contributed by atoms with Crippen LogP contribution in [0.3, 0.4) is 0 Å². The highest BCUT2D eigenvalue weighted by atomic mass is 16.5.